The predicted molar refractivity (Wildman–Crippen MR) is 95.7 cm³/mol. The number of nitrogens with two attached hydrogens (primary N) is 1. The third kappa shape index (κ3) is 3.84. The number of ketones is 2. The summed E-state index contributed by atoms with van der Waals surface area (Å²) in [5.41, 5.74) is 7.21. The fourth-order valence-electron chi connectivity index (χ4n) is 2.78. The lowest BCUT2D eigenvalue weighted by atomic mass is 10.0. The van der Waals surface area contributed by atoms with E-state index in [0.29, 0.717) is 23.3 Å². The third-order valence-electron chi connectivity index (χ3n) is 4.67. The second-order valence-corrected chi connectivity index (χ2v) is 9.38. The van der Waals surface area contributed by atoms with Gasteiger partial charge in [-0.2, -0.15) is 0 Å². The highest BCUT2D eigenvalue weighted by atomic mass is 28.4. The second kappa shape index (κ2) is 7.49. The number of Topliss-reactive ketones (excluding diaryl/α,β-unsaturated/α-hetero) is 1. The lowest BCUT2D eigenvalue weighted by Crippen LogP contribution is -2.50. The average molecular weight is 382 g/mol. The van der Waals surface area contributed by atoms with Crippen molar-refractivity contribution in [2.75, 3.05) is 66.8 Å². The lowest BCUT2D eigenvalue weighted by molar-refractivity contribution is -0.117. The van der Waals surface area contributed by atoms with Crippen LogP contribution < -0.4 is 5.73 Å². The SMILES string of the molecule is CO[Si](CN)(OC)OC.O=C1C=C(N2CC2)C(=O)C(N2CC2)=C1N1CC1. The maximum absolute atomic E-state index is 12.4. The zero-order valence-corrected chi connectivity index (χ0v) is 16.5. The maximum Gasteiger partial charge on any atom is 0.514 e. The minimum absolute atomic E-state index is 0.00546. The molecule has 4 aliphatic rings. The van der Waals surface area contributed by atoms with Gasteiger partial charge in [0.15, 0.2) is 0 Å². The van der Waals surface area contributed by atoms with Gasteiger partial charge in [-0.3, -0.25) is 9.59 Å². The van der Waals surface area contributed by atoms with Crippen molar-refractivity contribution >= 4 is 20.4 Å². The monoisotopic (exact) mass is 382 g/mol. The summed E-state index contributed by atoms with van der Waals surface area (Å²) >= 11 is 0. The Hall–Kier alpha value is -1.72. The van der Waals surface area contributed by atoms with Crippen LogP contribution in [0.15, 0.2) is 23.2 Å². The van der Waals surface area contributed by atoms with Gasteiger partial charge in [-0.05, 0) is 0 Å². The number of carbonyl (C=O) groups excluding carboxylic acids is 2. The first-order valence-corrected chi connectivity index (χ1v) is 10.6. The number of allylic oxidation sites excluding steroid dienone is 1. The molecule has 3 heterocycles. The first kappa shape index (κ1) is 19.0. The number of hydrogen-bond donors (Lipinski definition) is 1. The van der Waals surface area contributed by atoms with E-state index in [1.807, 2.05) is 14.7 Å². The van der Waals surface area contributed by atoms with E-state index in [1.165, 1.54) is 27.4 Å². The van der Waals surface area contributed by atoms with E-state index in [9.17, 15) is 9.59 Å². The van der Waals surface area contributed by atoms with Gasteiger partial charge in [0.2, 0.25) is 11.6 Å². The van der Waals surface area contributed by atoms with Crippen molar-refractivity contribution < 1.29 is 22.9 Å². The molecule has 4 rings (SSSR count). The summed E-state index contributed by atoms with van der Waals surface area (Å²) < 4.78 is 14.9. The van der Waals surface area contributed by atoms with Crippen LogP contribution in [-0.2, 0) is 22.9 Å². The minimum Gasteiger partial charge on any atom is -0.376 e. The molecule has 0 amide bonds. The van der Waals surface area contributed by atoms with Gasteiger partial charge >= 0.3 is 8.80 Å². The predicted octanol–water partition coefficient (Wildman–Crippen LogP) is -1.46. The molecule has 0 radical (unpaired) electrons. The van der Waals surface area contributed by atoms with Crippen LogP contribution in [0.1, 0.15) is 0 Å². The highest BCUT2D eigenvalue weighted by Crippen LogP contribution is 2.33. The van der Waals surface area contributed by atoms with Crippen LogP contribution in [-0.4, -0.2) is 102 Å². The minimum atomic E-state index is -2.41. The van der Waals surface area contributed by atoms with E-state index in [4.69, 9.17) is 19.0 Å². The average Bonchev–Trinajstić information content (AvgIpc) is 3.52. The fourth-order valence-corrected chi connectivity index (χ4v) is 3.78. The van der Waals surface area contributed by atoms with Crippen molar-refractivity contribution in [1.29, 1.82) is 0 Å². The first-order chi connectivity index (χ1) is 12.5. The molecule has 1 aliphatic carbocycles. The third-order valence-corrected chi connectivity index (χ3v) is 7.04. The molecule has 0 atom stereocenters. The van der Waals surface area contributed by atoms with Crippen LogP contribution in [0.25, 0.3) is 0 Å². The Bertz CT molecular complexity index is 632. The molecular weight excluding hydrogens is 356 g/mol. The van der Waals surface area contributed by atoms with E-state index >= 15 is 0 Å². The van der Waals surface area contributed by atoms with Crippen molar-refractivity contribution in [3.05, 3.63) is 23.2 Å². The fraction of sp³-hybridized carbons (Fsp3) is 0.625. The van der Waals surface area contributed by atoms with E-state index < -0.39 is 8.80 Å². The molecule has 0 unspecified atom stereocenters. The standard InChI is InChI=1S/C12H13N3O2.C4H13NO3Si/c16-9-7-8(13-1-2-13)12(17)11(15-5-6-15)10(9)14-3-4-14;1-6-9(4-5,7-2)8-3/h7H,1-6H2;4-5H2,1-3H3. The van der Waals surface area contributed by atoms with Crippen LogP contribution in [0.2, 0.25) is 0 Å². The number of rotatable bonds is 7. The Morgan fingerprint density at radius 1 is 0.885 bits per heavy atom. The van der Waals surface area contributed by atoms with Crippen molar-refractivity contribution in [2.45, 2.75) is 0 Å². The zero-order valence-electron chi connectivity index (χ0n) is 15.5. The largest absolute Gasteiger partial charge is 0.514 e. The Kier molecular flexibility index (Phi) is 5.49. The molecular formula is C16H26N4O5Si. The van der Waals surface area contributed by atoms with Crippen LogP contribution in [0.4, 0.5) is 0 Å². The summed E-state index contributed by atoms with van der Waals surface area (Å²) in [7, 11) is 2.19. The number of hydrogen-bond acceptors (Lipinski definition) is 9. The first-order valence-electron chi connectivity index (χ1n) is 8.65. The Labute approximate surface area is 154 Å². The number of nitrogens with zero attached hydrogens (tertiary/aromatic N) is 3. The van der Waals surface area contributed by atoms with Crippen molar-refractivity contribution in [2.24, 2.45) is 5.73 Å². The molecule has 0 aromatic carbocycles. The smallest absolute Gasteiger partial charge is 0.376 e. The summed E-state index contributed by atoms with van der Waals surface area (Å²) in [6.07, 6.45) is 1.84. The molecule has 0 bridgehead atoms. The molecule has 3 saturated heterocycles. The molecule has 26 heavy (non-hydrogen) atoms. The summed E-state index contributed by atoms with van der Waals surface area (Å²) in [5, 5.41) is 0. The number of carbonyl (C=O) groups is 2. The molecule has 0 saturated carbocycles. The molecule has 3 fully saturated rings. The second-order valence-electron chi connectivity index (χ2n) is 6.38. The molecule has 0 spiro atoms. The van der Waals surface area contributed by atoms with Gasteiger partial charge in [0.25, 0.3) is 0 Å². The van der Waals surface area contributed by atoms with Crippen LogP contribution in [0, 0.1) is 0 Å². The molecule has 2 N–H and O–H groups in total. The zero-order chi connectivity index (χ0) is 18.9. The Morgan fingerprint density at radius 2 is 1.35 bits per heavy atom. The van der Waals surface area contributed by atoms with Gasteiger partial charge in [0.1, 0.15) is 11.4 Å². The van der Waals surface area contributed by atoms with Crippen LogP contribution in [0.3, 0.4) is 0 Å². The normalized spacial score (nSPS) is 21.5. The van der Waals surface area contributed by atoms with Crippen molar-refractivity contribution in [1.82, 2.24) is 14.7 Å². The molecule has 0 aromatic heterocycles. The quantitative estimate of drug-likeness (QED) is 0.322. The van der Waals surface area contributed by atoms with E-state index in [-0.39, 0.29) is 11.6 Å². The summed E-state index contributed by atoms with van der Waals surface area (Å²) in [5.74, 6) is 0.0485. The van der Waals surface area contributed by atoms with Gasteiger partial charge in [0, 0.05) is 66.7 Å². The van der Waals surface area contributed by atoms with Gasteiger partial charge in [-0.25, -0.2) is 0 Å². The Morgan fingerprint density at radius 3 is 1.69 bits per heavy atom. The van der Waals surface area contributed by atoms with Crippen LogP contribution >= 0.6 is 0 Å². The van der Waals surface area contributed by atoms with Crippen molar-refractivity contribution in [3.63, 3.8) is 0 Å². The molecule has 9 nitrogen and oxygen atoms in total. The lowest BCUT2D eigenvalue weighted by Gasteiger charge is -2.21. The van der Waals surface area contributed by atoms with Gasteiger partial charge in [-0.15, -0.1) is 0 Å². The summed E-state index contributed by atoms with van der Waals surface area (Å²) in [6.45, 7) is 5.41. The van der Waals surface area contributed by atoms with Gasteiger partial charge < -0.3 is 33.7 Å². The highest BCUT2D eigenvalue weighted by molar-refractivity contribution is 6.60. The van der Waals surface area contributed by atoms with Crippen molar-refractivity contribution in [3.8, 4) is 0 Å². The maximum atomic E-state index is 12.4. The summed E-state index contributed by atoms with van der Waals surface area (Å²) in [4.78, 5) is 30.5. The molecule has 0 aromatic rings. The van der Waals surface area contributed by atoms with Gasteiger partial charge in [-0.1, -0.05) is 0 Å². The Balaban J connectivity index is 0.000000188. The van der Waals surface area contributed by atoms with Gasteiger partial charge in [0.05, 0.1) is 11.9 Å². The van der Waals surface area contributed by atoms with E-state index in [0.717, 1.165) is 39.3 Å². The molecule has 144 valence electrons. The highest BCUT2D eigenvalue weighted by Gasteiger charge is 2.43. The summed E-state index contributed by atoms with van der Waals surface area (Å²) in [6, 6.07) is 0. The van der Waals surface area contributed by atoms with Crippen LogP contribution in [0.5, 0.6) is 0 Å². The molecule has 10 heteroatoms. The molecule has 3 aliphatic heterocycles. The van der Waals surface area contributed by atoms with E-state index in [2.05, 4.69) is 0 Å². The topological polar surface area (TPSA) is 96.9 Å². The van der Waals surface area contributed by atoms with E-state index in [1.54, 1.807) is 0 Å².